The van der Waals surface area contributed by atoms with Crippen molar-refractivity contribution >= 4 is 28.4 Å². The summed E-state index contributed by atoms with van der Waals surface area (Å²) >= 11 is 0. The summed E-state index contributed by atoms with van der Waals surface area (Å²) in [5.41, 5.74) is 2.48. The lowest BCUT2D eigenvalue weighted by Crippen LogP contribution is -2.35. The monoisotopic (exact) mass is 492 g/mol. The van der Waals surface area contributed by atoms with Gasteiger partial charge in [-0.05, 0) is 62.4 Å². The number of hydrogen-bond donors (Lipinski definition) is 3. The first-order valence-electron chi connectivity index (χ1n) is 11.9. The predicted molar refractivity (Wildman–Crippen MR) is 129 cm³/mol. The van der Waals surface area contributed by atoms with Gasteiger partial charge in [0.15, 0.2) is 17.5 Å². The highest BCUT2D eigenvalue weighted by Gasteiger charge is 2.28. The molecular weight excluding hydrogens is 469 g/mol. The molecule has 1 saturated carbocycles. The fourth-order valence-corrected chi connectivity index (χ4v) is 4.52. The first kappa shape index (κ1) is 22.6. The van der Waals surface area contributed by atoms with Gasteiger partial charge < -0.3 is 16.0 Å². The largest absolute Gasteiger partial charge is 0.367 e. The minimum Gasteiger partial charge on any atom is -0.367 e. The first-order chi connectivity index (χ1) is 17.5. The van der Waals surface area contributed by atoms with E-state index < -0.39 is 23.4 Å². The summed E-state index contributed by atoms with van der Waals surface area (Å²) in [4.78, 5) is 21.6. The molecule has 5 heterocycles. The van der Waals surface area contributed by atoms with E-state index in [2.05, 4.69) is 30.9 Å². The van der Waals surface area contributed by atoms with Crippen molar-refractivity contribution in [3.63, 3.8) is 0 Å². The van der Waals surface area contributed by atoms with Crippen molar-refractivity contribution in [1.29, 1.82) is 0 Å². The lowest BCUT2D eigenvalue weighted by molar-refractivity contribution is 0.478. The van der Waals surface area contributed by atoms with Crippen molar-refractivity contribution in [3.05, 3.63) is 59.9 Å². The van der Waals surface area contributed by atoms with Gasteiger partial charge in [0.25, 0.3) is 0 Å². The van der Waals surface area contributed by atoms with Crippen molar-refractivity contribution in [3.8, 4) is 11.4 Å². The topological polar surface area (TPSA) is 101 Å². The average Bonchev–Trinajstić information content (AvgIpc) is 3.73. The summed E-state index contributed by atoms with van der Waals surface area (Å²) in [6.07, 6.45) is 9.34. The van der Waals surface area contributed by atoms with Crippen molar-refractivity contribution in [1.82, 2.24) is 30.2 Å². The van der Waals surface area contributed by atoms with E-state index in [1.54, 1.807) is 18.3 Å². The molecule has 3 N–H and O–H groups in total. The van der Waals surface area contributed by atoms with Gasteiger partial charge in [0, 0.05) is 35.5 Å². The number of rotatable bonds is 6. The third-order valence-electron chi connectivity index (χ3n) is 6.48. The maximum atomic E-state index is 14.1. The molecule has 1 saturated heterocycles. The van der Waals surface area contributed by atoms with Crippen LogP contribution in [0.4, 0.5) is 30.6 Å². The second-order valence-electron chi connectivity index (χ2n) is 9.11. The van der Waals surface area contributed by atoms with Gasteiger partial charge in [0.2, 0.25) is 11.8 Å². The maximum Gasteiger partial charge on any atom is 0.217 e. The number of halogens is 3. The van der Waals surface area contributed by atoms with E-state index in [0.717, 1.165) is 61.1 Å². The lowest BCUT2D eigenvalue weighted by Gasteiger charge is -2.25. The molecule has 0 aromatic carbocycles. The van der Waals surface area contributed by atoms with E-state index in [1.807, 2.05) is 6.20 Å². The Hall–Kier alpha value is -3.86. The van der Waals surface area contributed by atoms with Crippen LogP contribution in [-0.4, -0.2) is 44.1 Å². The summed E-state index contributed by atoms with van der Waals surface area (Å²) in [6, 6.07) is 3.96. The van der Waals surface area contributed by atoms with E-state index >= 15 is 0 Å². The van der Waals surface area contributed by atoms with E-state index in [9.17, 15) is 13.2 Å². The zero-order chi connectivity index (χ0) is 24.6. The molecule has 1 aliphatic carbocycles. The molecule has 4 aromatic heterocycles. The van der Waals surface area contributed by atoms with E-state index in [4.69, 9.17) is 9.97 Å². The number of nitrogens with one attached hydrogen (secondary N) is 3. The Morgan fingerprint density at radius 1 is 0.917 bits per heavy atom. The Morgan fingerprint density at radius 2 is 1.75 bits per heavy atom. The Balaban J connectivity index is 1.40. The zero-order valence-corrected chi connectivity index (χ0v) is 19.2. The van der Waals surface area contributed by atoms with Crippen LogP contribution in [0.3, 0.4) is 0 Å². The average molecular weight is 493 g/mol. The normalized spacial score (nSPS) is 16.3. The maximum absolute atomic E-state index is 14.1. The second-order valence-corrected chi connectivity index (χ2v) is 9.11. The summed E-state index contributed by atoms with van der Waals surface area (Å²) in [7, 11) is 0. The molecule has 36 heavy (non-hydrogen) atoms. The zero-order valence-electron chi connectivity index (χ0n) is 19.2. The van der Waals surface area contributed by atoms with Crippen molar-refractivity contribution < 1.29 is 13.2 Å². The van der Waals surface area contributed by atoms with Crippen molar-refractivity contribution in [2.45, 2.75) is 37.6 Å². The summed E-state index contributed by atoms with van der Waals surface area (Å²) in [5, 5.41) is 10.6. The standard InChI is InChI=1S/C25H23F3N8/c26-17-10-19(27)34-25(22(17)28)35-20-9-14(3-8-31-20)23-33-18-12-30-11-16(13-1-2-13)21(18)24(36-23)32-15-4-6-29-7-5-15/h3,8-13,15,29H,1-2,4-7H2,(H,31,34,35)(H,32,33,36). The van der Waals surface area contributed by atoms with Crippen molar-refractivity contribution in [2.24, 2.45) is 0 Å². The molecule has 2 fully saturated rings. The smallest absolute Gasteiger partial charge is 0.217 e. The number of pyridine rings is 3. The van der Waals surface area contributed by atoms with Crippen LogP contribution in [0, 0.1) is 17.6 Å². The van der Waals surface area contributed by atoms with Crippen molar-refractivity contribution in [2.75, 3.05) is 23.7 Å². The molecule has 2 aliphatic rings. The second kappa shape index (κ2) is 9.30. The molecule has 11 heteroatoms. The molecular formula is C25H23F3N8. The fraction of sp³-hybridized carbons (Fsp3) is 0.320. The highest BCUT2D eigenvalue weighted by Crippen LogP contribution is 2.44. The van der Waals surface area contributed by atoms with Gasteiger partial charge in [-0.3, -0.25) is 4.98 Å². The molecule has 1 aliphatic heterocycles. The van der Waals surface area contributed by atoms with Gasteiger partial charge >= 0.3 is 0 Å². The third-order valence-corrected chi connectivity index (χ3v) is 6.48. The highest BCUT2D eigenvalue weighted by molar-refractivity contribution is 5.93. The van der Waals surface area contributed by atoms with Gasteiger partial charge in [-0.1, -0.05) is 0 Å². The molecule has 184 valence electrons. The van der Waals surface area contributed by atoms with Gasteiger partial charge in [-0.25, -0.2) is 19.3 Å². The molecule has 4 aromatic rings. The molecule has 0 unspecified atom stereocenters. The fourth-order valence-electron chi connectivity index (χ4n) is 4.52. The van der Waals surface area contributed by atoms with Crippen LogP contribution in [0.25, 0.3) is 22.3 Å². The lowest BCUT2D eigenvalue weighted by atomic mass is 10.0. The minimum absolute atomic E-state index is 0.144. The van der Waals surface area contributed by atoms with Gasteiger partial charge in [0.1, 0.15) is 11.6 Å². The van der Waals surface area contributed by atoms with Crippen LogP contribution < -0.4 is 16.0 Å². The SMILES string of the molecule is Fc1cc(F)c(F)c(Nc2cc(-c3nc(NC4CCNCC4)c4c(C5CC5)cncc4n3)ccn2)n1. The Bertz CT molecular complexity index is 1440. The number of piperidine rings is 1. The van der Waals surface area contributed by atoms with Crippen LogP contribution in [0.5, 0.6) is 0 Å². The minimum atomic E-state index is -1.34. The molecule has 6 rings (SSSR count). The highest BCUT2D eigenvalue weighted by atomic mass is 19.2. The summed E-state index contributed by atoms with van der Waals surface area (Å²) in [5.74, 6) is -2.57. The Kier molecular flexibility index (Phi) is 5.84. The van der Waals surface area contributed by atoms with Gasteiger partial charge in [-0.2, -0.15) is 13.8 Å². The number of aromatic nitrogens is 5. The molecule has 0 radical (unpaired) electrons. The van der Waals surface area contributed by atoms with E-state index in [1.165, 1.54) is 6.20 Å². The molecule has 0 spiro atoms. The first-order valence-corrected chi connectivity index (χ1v) is 11.9. The van der Waals surface area contributed by atoms with Gasteiger partial charge in [-0.15, -0.1) is 0 Å². The Labute approximate surface area is 204 Å². The predicted octanol–water partition coefficient (Wildman–Crippen LogP) is 4.68. The van der Waals surface area contributed by atoms with Gasteiger partial charge in [0.05, 0.1) is 11.7 Å². The molecule has 0 amide bonds. The van der Waals surface area contributed by atoms with Crippen LogP contribution in [0.15, 0.2) is 36.8 Å². The number of hydrogen-bond acceptors (Lipinski definition) is 8. The number of nitrogens with zero attached hydrogens (tertiary/aromatic N) is 5. The van der Waals surface area contributed by atoms with Crippen LogP contribution >= 0.6 is 0 Å². The van der Waals surface area contributed by atoms with Crippen LogP contribution in [0.1, 0.15) is 37.2 Å². The molecule has 0 bridgehead atoms. The number of anilines is 3. The molecule has 0 atom stereocenters. The molecule has 8 nitrogen and oxygen atoms in total. The quantitative estimate of drug-likeness (QED) is 0.334. The Morgan fingerprint density at radius 3 is 2.56 bits per heavy atom. The third kappa shape index (κ3) is 4.53. The van der Waals surface area contributed by atoms with E-state index in [0.29, 0.717) is 23.4 Å². The number of fused-ring (bicyclic) bond motifs is 1. The summed E-state index contributed by atoms with van der Waals surface area (Å²) < 4.78 is 41.2. The van der Waals surface area contributed by atoms with E-state index in [-0.39, 0.29) is 11.9 Å². The summed E-state index contributed by atoms with van der Waals surface area (Å²) in [6.45, 7) is 1.88. The van der Waals surface area contributed by atoms with Crippen LogP contribution in [-0.2, 0) is 0 Å². The van der Waals surface area contributed by atoms with Crippen LogP contribution in [0.2, 0.25) is 0 Å².